The molecule has 0 aliphatic heterocycles. The molecule has 0 aliphatic carbocycles. The molecule has 3 aromatic carbocycles. The Balaban J connectivity index is 1.77. The molecule has 1 aromatic heterocycles. The Kier molecular flexibility index (Phi) is 8.69. The fraction of sp³-hybridized carbons (Fsp3) is 0.323. The molecule has 7 heteroatoms. The molecule has 0 fully saturated rings. The van der Waals surface area contributed by atoms with Gasteiger partial charge in [-0.15, -0.1) is 0 Å². The van der Waals surface area contributed by atoms with E-state index in [1.807, 2.05) is 44.1 Å². The molecule has 0 saturated heterocycles. The van der Waals surface area contributed by atoms with E-state index in [4.69, 9.17) is 4.98 Å². The predicted octanol–water partition coefficient (Wildman–Crippen LogP) is 5.17. The average molecular weight is 515 g/mol. The number of hydrogen-bond donors (Lipinski definition) is 0. The summed E-state index contributed by atoms with van der Waals surface area (Å²) in [6.07, 6.45) is 2.33. The standard InChI is InChI=1S/C31H35FN4O2/c1-5-8-23-11-13-24(14-12-23)21-29(37)35(20-19-34(3)4)22(2)30-33-28-10-7-6-9-27(28)31(38)36(30)26-17-15-25(32)16-18-26/h6-7,9-18,22H,5,8,19-21H2,1-4H3. The highest BCUT2D eigenvalue weighted by molar-refractivity contribution is 5.80. The molecule has 0 bridgehead atoms. The lowest BCUT2D eigenvalue weighted by molar-refractivity contribution is -0.133. The fourth-order valence-electron chi connectivity index (χ4n) is 4.64. The summed E-state index contributed by atoms with van der Waals surface area (Å²) in [6.45, 7) is 5.16. The number of rotatable bonds is 10. The van der Waals surface area contributed by atoms with Crippen molar-refractivity contribution in [3.05, 3.63) is 106 Å². The molecule has 0 N–H and O–H groups in total. The van der Waals surface area contributed by atoms with Gasteiger partial charge in [-0.25, -0.2) is 9.37 Å². The van der Waals surface area contributed by atoms with Crippen LogP contribution < -0.4 is 5.56 Å². The SMILES string of the molecule is CCCc1ccc(CC(=O)N(CCN(C)C)C(C)c2nc3ccccc3c(=O)n2-c2ccc(F)cc2)cc1. The second-order valence-electron chi connectivity index (χ2n) is 9.91. The predicted molar refractivity (Wildman–Crippen MR) is 150 cm³/mol. The quantitative estimate of drug-likeness (QED) is 0.293. The maximum Gasteiger partial charge on any atom is 0.266 e. The van der Waals surface area contributed by atoms with Crippen LogP contribution in [0, 0.1) is 5.82 Å². The van der Waals surface area contributed by atoms with Gasteiger partial charge in [-0.2, -0.15) is 0 Å². The Morgan fingerprint density at radius 2 is 1.61 bits per heavy atom. The van der Waals surface area contributed by atoms with Crippen molar-refractivity contribution in [2.75, 3.05) is 27.2 Å². The molecule has 0 radical (unpaired) electrons. The van der Waals surface area contributed by atoms with E-state index in [9.17, 15) is 14.0 Å². The number of halogens is 1. The van der Waals surface area contributed by atoms with E-state index in [1.165, 1.54) is 22.3 Å². The molecular weight excluding hydrogens is 479 g/mol. The molecule has 198 valence electrons. The Morgan fingerprint density at radius 1 is 0.947 bits per heavy atom. The van der Waals surface area contributed by atoms with Crippen LogP contribution in [0.5, 0.6) is 0 Å². The molecule has 1 heterocycles. The van der Waals surface area contributed by atoms with E-state index < -0.39 is 11.9 Å². The lowest BCUT2D eigenvalue weighted by Crippen LogP contribution is -2.41. The van der Waals surface area contributed by atoms with Crippen LogP contribution in [0.1, 0.15) is 43.3 Å². The minimum absolute atomic E-state index is 0.0457. The first-order valence-electron chi connectivity index (χ1n) is 13.1. The molecule has 4 rings (SSSR count). The smallest absolute Gasteiger partial charge is 0.266 e. The summed E-state index contributed by atoms with van der Waals surface area (Å²) in [7, 11) is 3.92. The monoisotopic (exact) mass is 514 g/mol. The summed E-state index contributed by atoms with van der Waals surface area (Å²) in [5, 5.41) is 0.464. The fourth-order valence-corrected chi connectivity index (χ4v) is 4.64. The lowest BCUT2D eigenvalue weighted by atomic mass is 10.0. The molecular formula is C31H35FN4O2. The third-order valence-electron chi connectivity index (χ3n) is 6.75. The number of likely N-dealkylation sites (N-methyl/N-ethyl adjacent to an activating group) is 1. The zero-order valence-corrected chi connectivity index (χ0v) is 22.5. The first-order valence-corrected chi connectivity index (χ1v) is 13.1. The van der Waals surface area contributed by atoms with Crippen molar-refractivity contribution in [2.24, 2.45) is 0 Å². The van der Waals surface area contributed by atoms with E-state index in [-0.39, 0.29) is 17.9 Å². The van der Waals surface area contributed by atoms with Crippen LogP contribution in [0.15, 0.2) is 77.6 Å². The van der Waals surface area contributed by atoms with E-state index in [0.29, 0.717) is 35.5 Å². The van der Waals surface area contributed by atoms with Crippen molar-refractivity contribution in [3.63, 3.8) is 0 Å². The first-order chi connectivity index (χ1) is 18.3. The zero-order chi connectivity index (χ0) is 27.2. The van der Waals surface area contributed by atoms with Crippen molar-refractivity contribution in [1.82, 2.24) is 19.4 Å². The first kappa shape index (κ1) is 27.2. The van der Waals surface area contributed by atoms with Crippen molar-refractivity contribution in [2.45, 2.75) is 39.2 Å². The van der Waals surface area contributed by atoms with Gasteiger partial charge in [0, 0.05) is 13.1 Å². The highest BCUT2D eigenvalue weighted by Gasteiger charge is 2.27. The van der Waals surface area contributed by atoms with Gasteiger partial charge in [0.25, 0.3) is 5.56 Å². The minimum Gasteiger partial charge on any atom is -0.331 e. The van der Waals surface area contributed by atoms with Gasteiger partial charge in [-0.1, -0.05) is 49.7 Å². The van der Waals surface area contributed by atoms with Gasteiger partial charge < -0.3 is 9.80 Å². The van der Waals surface area contributed by atoms with Gasteiger partial charge >= 0.3 is 0 Å². The van der Waals surface area contributed by atoms with Crippen LogP contribution >= 0.6 is 0 Å². The molecule has 1 amide bonds. The second kappa shape index (κ2) is 12.1. The summed E-state index contributed by atoms with van der Waals surface area (Å²) in [5.74, 6) is -0.000693. The topological polar surface area (TPSA) is 58.4 Å². The largest absolute Gasteiger partial charge is 0.331 e. The van der Waals surface area contributed by atoms with Crippen molar-refractivity contribution in [1.29, 1.82) is 0 Å². The molecule has 0 aliphatic rings. The Morgan fingerprint density at radius 3 is 2.26 bits per heavy atom. The van der Waals surface area contributed by atoms with Crippen LogP contribution in [0.25, 0.3) is 16.6 Å². The van der Waals surface area contributed by atoms with Gasteiger partial charge in [-0.3, -0.25) is 14.2 Å². The Bertz CT molecular complexity index is 1450. The molecule has 1 atom stereocenters. The summed E-state index contributed by atoms with van der Waals surface area (Å²) < 4.78 is 15.2. The van der Waals surface area contributed by atoms with Crippen LogP contribution in [-0.4, -0.2) is 52.4 Å². The number of benzene rings is 3. The highest BCUT2D eigenvalue weighted by Crippen LogP contribution is 2.24. The molecule has 0 saturated carbocycles. The van der Waals surface area contributed by atoms with Gasteiger partial charge in [0.15, 0.2) is 0 Å². The number of aromatic nitrogens is 2. The maximum atomic E-state index is 13.7. The Hall–Kier alpha value is -3.84. The number of para-hydroxylation sites is 1. The molecule has 0 spiro atoms. The highest BCUT2D eigenvalue weighted by atomic mass is 19.1. The molecule has 38 heavy (non-hydrogen) atoms. The third-order valence-corrected chi connectivity index (χ3v) is 6.75. The van der Waals surface area contributed by atoms with Crippen LogP contribution in [0.3, 0.4) is 0 Å². The minimum atomic E-state index is -0.510. The van der Waals surface area contributed by atoms with E-state index >= 15 is 0 Å². The third kappa shape index (κ3) is 6.17. The molecule has 6 nitrogen and oxygen atoms in total. The normalized spacial score (nSPS) is 12.2. The summed E-state index contributed by atoms with van der Waals surface area (Å²) in [6, 6.07) is 20.6. The van der Waals surface area contributed by atoms with Gasteiger partial charge in [0.1, 0.15) is 11.6 Å². The van der Waals surface area contributed by atoms with Crippen LogP contribution in [-0.2, 0) is 17.6 Å². The maximum absolute atomic E-state index is 13.7. The van der Waals surface area contributed by atoms with E-state index in [2.05, 4.69) is 19.1 Å². The number of amides is 1. The number of fused-ring (bicyclic) bond motifs is 1. The molecule has 1 unspecified atom stereocenters. The zero-order valence-electron chi connectivity index (χ0n) is 22.5. The summed E-state index contributed by atoms with van der Waals surface area (Å²) in [5.41, 5.74) is 3.01. The summed E-state index contributed by atoms with van der Waals surface area (Å²) in [4.78, 5) is 36.1. The van der Waals surface area contributed by atoms with E-state index in [1.54, 1.807) is 35.2 Å². The number of carbonyl (C=O) groups is 1. The summed E-state index contributed by atoms with van der Waals surface area (Å²) >= 11 is 0. The van der Waals surface area contributed by atoms with Crippen LogP contribution in [0.4, 0.5) is 4.39 Å². The second-order valence-corrected chi connectivity index (χ2v) is 9.91. The number of aryl methyl sites for hydroxylation is 1. The van der Waals surface area contributed by atoms with Crippen molar-refractivity contribution in [3.8, 4) is 5.69 Å². The molecule has 4 aromatic rings. The van der Waals surface area contributed by atoms with Crippen molar-refractivity contribution >= 4 is 16.8 Å². The number of nitrogens with zero attached hydrogens (tertiary/aromatic N) is 4. The lowest BCUT2D eigenvalue weighted by Gasteiger charge is -2.31. The number of carbonyl (C=O) groups excluding carboxylic acids is 1. The van der Waals surface area contributed by atoms with Crippen LogP contribution in [0.2, 0.25) is 0 Å². The van der Waals surface area contributed by atoms with E-state index in [0.717, 1.165) is 18.4 Å². The van der Waals surface area contributed by atoms with Gasteiger partial charge in [0.05, 0.1) is 29.1 Å². The van der Waals surface area contributed by atoms with Gasteiger partial charge in [-0.05, 0) is 75.0 Å². The Labute approximate surface area is 223 Å². The number of hydrogen-bond acceptors (Lipinski definition) is 4. The average Bonchev–Trinajstić information content (AvgIpc) is 2.90. The van der Waals surface area contributed by atoms with Crippen molar-refractivity contribution < 1.29 is 9.18 Å². The van der Waals surface area contributed by atoms with Gasteiger partial charge in [0.2, 0.25) is 5.91 Å².